The SMILES string of the molecule is Cc1onc2c1c(=O)n(CC1CCC(NC(=O)C(NC(=O)OC(C)(C)C)c3ccccc3)C1)c1cccc(Cl)c21. The van der Waals surface area contributed by atoms with E-state index in [4.69, 9.17) is 20.9 Å². The molecule has 2 N–H and O–H groups in total. The molecule has 4 aromatic rings. The van der Waals surface area contributed by atoms with Gasteiger partial charge in [0, 0.05) is 18.0 Å². The van der Waals surface area contributed by atoms with Gasteiger partial charge in [0.2, 0.25) is 5.91 Å². The molecule has 3 atom stereocenters. The molecule has 0 spiro atoms. The summed E-state index contributed by atoms with van der Waals surface area (Å²) < 4.78 is 12.5. The number of alkyl carbamates (subject to hydrolysis) is 1. The Bertz CT molecular complexity index is 1620. The number of carbonyl (C=O) groups is 2. The maximum atomic E-state index is 13.5. The van der Waals surface area contributed by atoms with Crippen LogP contribution in [0.3, 0.4) is 0 Å². The molecule has 210 valence electrons. The number of hydrogen-bond acceptors (Lipinski definition) is 6. The number of fused-ring (bicyclic) bond motifs is 3. The Morgan fingerprint density at radius 1 is 1.12 bits per heavy atom. The first kappa shape index (κ1) is 27.7. The zero-order valence-electron chi connectivity index (χ0n) is 23.0. The van der Waals surface area contributed by atoms with Gasteiger partial charge in [-0.25, -0.2) is 4.79 Å². The van der Waals surface area contributed by atoms with Gasteiger partial charge in [0.05, 0.1) is 10.5 Å². The van der Waals surface area contributed by atoms with E-state index in [-0.39, 0.29) is 23.4 Å². The average Bonchev–Trinajstić information content (AvgIpc) is 3.50. The van der Waals surface area contributed by atoms with E-state index in [2.05, 4.69) is 15.8 Å². The third kappa shape index (κ3) is 5.70. The summed E-state index contributed by atoms with van der Waals surface area (Å²) in [4.78, 5) is 39.5. The highest BCUT2D eigenvalue weighted by Gasteiger charge is 2.32. The minimum atomic E-state index is -0.900. The van der Waals surface area contributed by atoms with Crippen molar-refractivity contribution in [3.05, 3.63) is 75.2 Å². The van der Waals surface area contributed by atoms with E-state index in [1.807, 2.05) is 30.3 Å². The van der Waals surface area contributed by atoms with Crippen molar-refractivity contribution in [1.82, 2.24) is 20.4 Å². The van der Waals surface area contributed by atoms with E-state index in [0.29, 0.717) is 51.1 Å². The number of nitrogens with one attached hydrogen (secondary N) is 2. The molecule has 10 heteroatoms. The first-order chi connectivity index (χ1) is 19.0. The van der Waals surface area contributed by atoms with E-state index in [1.165, 1.54) is 0 Å². The van der Waals surface area contributed by atoms with Crippen molar-refractivity contribution < 1.29 is 18.8 Å². The molecule has 0 radical (unpaired) electrons. The monoisotopic (exact) mass is 564 g/mol. The number of rotatable bonds is 6. The molecule has 2 aromatic heterocycles. The predicted molar refractivity (Wildman–Crippen MR) is 153 cm³/mol. The van der Waals surface area contributed by atoms with Gasteiger partial charge in [-0.15, -0.1) is 0 Å². The molecule has 1 aliphatic carbocycles. The molecule has 40 heavy (non-hydrogen) atoms. The fraction of sp³-hybridized carbons (Fsp3) is 0.400. The second-order valence-electron chi connectivity index (χ2n) is 11.4. The fourth-order valence-electron chi connectivity index (χ4n) is 5.48. The summed E-state index contributed by atoms with van der Waals surface area (Å²) >= 11 is 6.53. The second kappa shape index (κ2) is 11.0. The van der Waals surface area contributed by atoms with Crippen molar-refractivity contribution >= 4 is 45.4 Å². The van der Waals surface area contributed by atoms with Gasteiger partial charge in [0.1, 0.15) is 28.3 Å². The molecule has 1 aliphatic rings. The van der Waals surface area contributed by atoms with Crippen LogP contribution in [0.25, 0.3) is 21.8 Å². The highest BCUT2D eigenvalue weighted by molar-refractivity contribution is 6.37. The van der Waals surface area contributed by atoms with Crippen LogP contribution in [0, 0.1) is 12.8 Å². The van der Waals surface area contributed by atoms with Crippen LogP contribution in [0.4, 0.5) is 4.79 Å². The van der Waals surface area contributed by atoms with Gasteiger partial charge in [-0.1, -0.05) is 53.2 Å². The van der Waals surface area contributed by atoms with Crippen LogP contribution in [0.2, 0.25) is 5.02 Å². The van der Waals surface area contributed by atoms with Gasteiger partial charge < -0.3 is 24.5 Å². The first-order valence-electron chi connectivity index (χ1n) is 13.4. The summed E-state index contributed by atoms with van der Waals surface area (Å²) in [5.41, 5.74) is 0.979. The normalized spacial score (nSPS) is 18.1. The minimum absolute atomic E-state index is 0.101. The molecule has 0 saturated heterocycles. The number of halogens is 1. The molecule has 1 saturated carbocycles. The number of benzene rings is 2. The molecular formula is C30H33ClN4O5. The number of aryl methyl sites for hydroxylation is 1. The molecule has 2 aromatic carbocycles. The van der Waals surface area contributed by atoms with Gasteiger partial charge in [0.15, 0.2) is 0 Å². The largest absolute Gasteiger partial charge is 0.444 e. The van der Waals surface area contributed by atoms with Crippen molar-refractivity contribution in [2.75, 3.05) is 0 Å². The highest BCUT2D eigenvalue weighted by atomic mass is 35.5. The van der Waals surface area contributed by atoms with Crippen molar-refractivity contribution in [3.63, 3.8) is 0 Å². The zero-order valence-corrected chi connectivity index (χ0v) is 23.7. The number of hydrogen-bond donors (Lipinski definition) is 2. The number of ether oxygens (including phenoxy) is 1. The summed E-state index contributed by atoms with van der Waals surface area (Å²) in [5, 5.41) is 11.6. The number of aromatic nitrogens is 2. The maximum absolute atomic E-state index is 13.5. The van der Waals surface area contributed by atoms with Crippen LogP contribution < -0.4 is 16.2 Å². The van der Waals surface area contributed by atoms with Crippen molar-refractivity contribution in [2.45, 2.75) is 71.2 Å². The summed E-state index contributed by atoms with van der Waals surface area (Å²) in [6.07, 6.45) is 1.61. The van der Waals surface area contributed by atoms with Crippen LogP contribution in [-0.2, 0) is 16.1 Å². The topological polar surface area (TPSA) is 115 Å². The fourth-order valence-corrected chi connectivity index (χ4v) is 5.74. The lowest BCUT2D eigenvalue weighted by atomic mass is 10.0. The van der Waals surface area contributed by atoms with E-state index >= 15 is 0 Å². The van der Waals surface area contributed by atoms with Crippen LogP contribution in [0.5, 0.6) is 0 Å². The molecule has 9 nitrogen and oxygen atoms in total. The average molecular weight is 565 g/mol. The lowest BCUT2D eigenvalue weighted by molar-refractivity contribution is -0.124. The third-order valence-electron chi connectivity index (χ3n) is 7.23. The lowest BCUT2D eigenvalue weighted by Gasteiger charge is -2.24. The second-order valence-corrected chi connectivity index (χ2v) is 11.8. The molecule has 0 bridgehead atoms. The van der Waals surface area contributed by atoms with Crippen LogP contribution in [0.1, 0.15) is 57.4 Å². The molecule has 3 unspecified atom stereocenters. The smallest absolute Gasteiger partial charge is 0.408 e. The Morgan fingerprint density at radius 2 is 1.88 bits per heavy atom. The molecule has 2 amide bonds. The Balaban J connectivity index is 1.33. The Morgan fingerprint density at radius 3 is 2.60 bits per heavy atom. The third-order valence-corrected chi connectivity index (χ3v) is 7.54. The highest BCUT2D eigenvalue weighted by Crippen LogP contribution is 2.33. The maximum Gasteiger partial charge on any atom is 0.408 e. The molecule has 0 aliphatic heterocycles. The standard InChI is InChI=1S/C30H33ClN4O5/c1-17-23-26(34-40-17)24-21(31)11-8-12-22(24)35(28(23)37)16-18-13-14-20(15-18)32-27(36)25(19-9-6-5-7-10-19)33-29(38)39-30(2,3)4/h5-12,18,20,25H,13-16H2,1-4H3,(H,32,36)(H,33,38). The quantitative estimate of drug-likeness (QED) is 0.312. The predicted octanol–water partition coefficient (Wildman–Crippen LogP) is 5.66. The summed E-state index contributed by atoms with van der Waals surface area (Å²) in [5.74, 6) is 0.298. The zero-order chi connectivity index (χ0) is 28.6. The summed E-state index contributed by atoms with van der Waals surface area (Å²) in [6.45, 7) is 7.51. The van der Waals surface area contributed by atoms with Crippen LogP contribution in [0.15, 0.2) is 57.8 Å². The molecule has 1 fully saturated rings. The summed E-state index contributed by atoms with van der Waals surface area (Å²) in [6, 6.07) is 13.5. The van der Waals surface area contributed by atoms with Gasteiger partial charge >= 0.3 is 6.09 Å². The van der Waals surface area contributed by atoms with E-state index < -0.39 is 17.7 Å². The Labute approximate surface area is 236 Å². The number of pyridine rings is 1. The minimum Gasteiger partial charge on any atom is -0.444 e. The van der Waals surface area contributed by atoms with E-state index in [0.717, 1.165) is 12.8 Å². The van der Waals surface area contributed by atoms with Gasteiger partial charge in [0.25, 0.3) is 5.56 Å². The van der Waals surface area contributed by atoms with Gasteiger partial charge in [-0.05, 0) is 70.6 Å². The van der Waals surface area contributed by atoms with E-state index in [1.54, 1.807) is 50.5 Å². The van der Waals surface area contributed by atoms with Gasteiger partial charge in [-0.2, -0.15) is 0 Å². The van der Waals surface area contributed by atoms with Crippen molar-refractivity contribution in [3.8, 4) is 0 Å². The van der Waals surface area contributed by atoms with Gasteiger partial charge in [-0.3, -0.25) is 9.59 Å². The van der Waals surface area contributed by atoms with Crippen LogP contribution in [-0.4, -0.2) is 33.4 Å². The van der Waals surface area contributed by atoms with E-state index in [9.17, 15) is 14.4 Å². The first-order valence-corrected chi connectivity index (χ1v) is 13.8. The number of nitrogens with zero attached hydrogens (tertiary/aromatic N) is 2. The van der Waals surface area contributed by atoms with Crippen molar-refractivity contribution in [2.24, 2.45) is 5.92 Å². The summed E-state index contributed by atoms with van der Waals surface area (Å²) in [7, 11) is 0. The molecule has 2 heterocycles. The van der Waals surface area contributed by atoms with Crippen molar-refractivity contribution in [1.29, 1.82) is 0 Å². The lowest BCUT2D eigenvalue weighted by Crippen LogP contribution is -2.45. The molecular weight excluding hydrogens is 532 g/mol. The Hall–Kier alpha value is -3.85. The number of carbonyl (C=O) groups excluding carboxylic acids is 2. The van der Waals surface area contributed by atoms with Crippen LogP contribution >= 0.6 is 11.6 Å². The molecule has 5 rings (SSSR count). The Kier molecular flexibility index (Phi) is 7.59. The number of amides is 2.